The van der Waals surface area contributed by atoms with Gasteiger partial charge in [0.1, 0.15) is 34.0 Å². The predicted octanol–water partition coefficient (Wildman–Crippen LogP) is 2.01. The molecule has 0 bridgehead atoms. The highest BCUT2D eigenvalue weighted by Gasteiger charge is 2.48. The van der Waals surface area contributed by atoms with Gasteiger partial charge in [0.05, 0.1) is 18.8 Å². The molecule has 2 rings (SSSR count). The van der Waals surface area contributed by atoms with Gasteiger partial charge in [-0.3, -0.25) is 18.1 Å². The van der Waals surface area contributed by atoms with Gasteiger partial charge in [-0.15, -0.1) is 0 Å². The Morgan fingerprint density at radius 1 is 1.03 bits per heavy atom. The Hall–Kier alpha value is 0.230. The maximum Gasteiger partial charge on any atom is 0.472 e. The fourth-order valence-electron chi connectivity index (χ4n) is 4.21. The Morgan fingerprint density at radius 3 is 2.29 bits per heavy atom. The smallest absolute Gasteiger partial charge is 0.388 e. The molecule has 0 aliphatic carbocycles. The van der Waals surface area contributed by atoms with Gasteiger partial charge in [-0.1, -0.05) is 39.5 Å². The molecule has 194 valence electrons. The second kappa shape index (κ2) is 13.2. The molecule has 4 radical (unpaired) electrons. The summed E-state index contributed by atoms with van der Waals surface area (Å²) in [6.45, 7) is 5.38. The minimum Gasteiger partial charge on any atom is -0.388 e. The standard InChI is InChI=1S/C19H36B2O11P2/c1-5-6-7-11(2)8-9-13-16(12(3)29-18(13)20)31-34(25,26)28-10-14-17(15(22)19(21)30-14)32-33(23,24)27-4/h11-19,22H,5-10H2,1-4H3,(H,23,24)(H,25,26)/t11-,12+,13-,14+,15-,16?,17?,18+,19+/m0/s1. The maximum atomic E-state index is 12.7. The minimum atomic E-state index is -4.64. The highest BCUT2D eigenvalue weighted by Crippen LogP contribution is 2.51. The van der Waals surface area contributed by atoms with Gasteiger partial charge in [-0.2, -0.15) is 0 Å². The quantitative estimate of drug-likeness (QED) is 0.226. The molecule has 0 aromatic carbocycles. The second-order valence-corrected chi connectivity index (χ2v) is 11.9. The number of hydrogen-bond acceptors (Lipinski definition) is 9. The summed E-state index contributed by atoms with van der Waals surface area (Å²) in [5.41, 5.74) is 0. The van der Waals surface area contributed by atoms with Crippen molar-refractivity contribution in [2.24, 2.45) is 11.8 Å². The molecule has 0 amide bonds. The van der Waals surface area contributed by atoms with Crippen molar-refractivity contribution in [3.63, 3.8) is 0 Å². The first-order valence-corrected chi connectivity index (χ1v) is 14.5. The predicted molar refractivity (Wildman–Crippen MR) is 124 cm³/mol. The van der Waals surface area contributed by atoms with E-state index in [0.717, 1.165) is 32.8 Å². The first-order chi connectivity index (χ1) is 15.8. The second-order valence-electron chi connectivity index (χ2n) is 8.98. The zero-order valence-electron chi connectivity index (χ0n) is 20.1. The van der Waals surface area contributed by atoms with E-state index >= 15 is 0 Å². The van der Waals surface area contributed by atoms with Gasteiger partial charge in [0.2, 0.25) is 0 Å². The zero-order chi connectivity index (χ0) is 25.7. The summed E-state index contributed by atoms with van der Waals surface area (Å²) in [5.74, 6) is 0.168. The fraction of sp³-hybridized carbons (Fsp3) is 1.00. The van der Waals surface area contributed by atoms with Crippen LogP contribution in [0.3, 0.4) is 0 Å². The van der Waals surface area contributed by atoms with Crippen molar-refractivity contribution in [2.45, 2.75) is 95.4 Å². The van der Waals surface area contributed by atoms with E-state index in [4.69, 9.17) is 38.7 Å². The lowest BCUT2D eigenvalue weighted by Gasteiger charge is -2.27. The molecule has 15 heteroatoms. The number of phosphoric acid groups is 2. The monoisotopic (exact) mass is 524 g/mol. The van der Waals surface area contributed by atoms with Crippen LogP contribution in [0.15, 0.2) is 0 Å². The lowest BCUT2D eigenvalue weighted by molar-refractivity contribution is -0.0206. The van der Waals surface area contributed by atoms with Gasteiger partial charge >= 0.3 is 15.6 Å². The van der Waals surface area contributed by atoms with Crippen molar-refractivity contribution < 1.29 is 51.6 Å². The number of hydrogen-bond donors (Lipinski definition) is 3. The highest BCUT2D eigenvalue weighted by molar-refractivity contribution is 7.47. The number of ether oxygens (including phenoxy) is 2. The van der Waals surface area contributed by atoms with Gasteiger partial charge in [-0.05, 0) is 19.3 Å². The van der Waals surface area contributed by atoms with Crippen LogP contribution in [0.1, 0.15) is 52.9 Å². The maximum absolute atomic E-state index is 12.7. The van der Waals surface area contributed by atoms with Crippen molar-refractivity contribution in [3.05, 3.63) is 0 Å². The highest BCUT2D eigenvalue weighted by atomic mass is 31.2. The van der Waals surface area contributed by atoms with Crippen LogP contribution in [0.25, 0.3) is 0 Å². The lowest BCUT2D eigenvalue weighted by atomic mass is 9.80. The summed E-state index contributed by atoms with van der Waals surface area (Å²) in [6, 6.07) is -1.91. The first kappa shape index (κ1) is 30.5. The molecular formula is C19H36B2O11P2. The van der Waals surface area contributed by atoms with E-state index in [-0.39, 0.29) is 5.92 Å². The van der Waals surface area contributed by atoms with Gasteiger partial charge < -0.3 is 24.4 Å². The Labute approximate surface area is 204 Å². The van der Waals surface area contributed by atoms with E-state index in [1.165, 1.54) is 0 Å². The van der Waals surface area contributed by atoms with Crippen LogP contribution in [-0.4, -0.2) is 86.8 Å². The summed E-state index contributed by atoms with van der Waals surface area (Å²) in [7, 11) is 3.52. The normalized spacial score (nSPS) is 38.4. The summed E-state index contributed by atoms with van der Waals surface area (Å²) in [5, 5.41) is 10.1. The Morgan fingerprint density at radius 2 is 1.68 bits per heavy atom. The first-order valence-electron chi connectivity index (χ1n) is 11.5. The topological polar surface area (TPSA) is 150 Å². The van der Waals surface area contributed by atoms with Crippen molar-refractivity contribution in [1.82, 2.24) is 0 Å². The average Bonchev–Trinajstić information content (AvgIpc) is 3.17. The van der Waals surface area contributed by atoms with Gasteiger partial charge in [0, 0.05) is 25.0 Å². The SMILES string of the molecule is [B][C@@H]1O[C@H](COP(=O)(O)OC2[C@@H](C)O[C@@H]([B])[C@H]2CC[C@@H](C)CCCC)C(OP(=O)(O)OC)[C@@H]1O. The number of unbranched alkanes of at least 4 members (excludes halogenated alkanes) is 1. The molecule has 0 saturated carbocycles. The third-order valence-corrected chi connectivity index (χ3v) is 8.19. The third kappa shape index (κ3) is 8.67. The van der Waals surface area contributed by atoms with Crippen molar-refractivity contribution >= 4 is 31.3 Å². The number of aliphatic hydroxyl groups is 1. The van der Waals surface area contributed by atoms with Crippen molar-refractivity contribution in [3.8, 4) is 0 Å². The summed E-state index contributed by atoms with van der Waals surface area (Å²) in [6.07, 6.45) is -0.622. The third-order valence-electron chi connectivity index (χ3n) is 6.24. The molecule has 2 fully saturated rings. The summed E-state index contributed by atoms with van der Waals surface area (Å²) < 4.78 is 55.1. The molecule has 0 aromatic heterocycles. The molecule has 3 N–H and O–H groups in total. The number of aliphatic hydroxyl groups excluding tert-OH is 1. The average molecular weight is 524 g/mol. The van der Waals surface area contributed by atoms with E-state index in [2.05, 4.69) is 18.4 Å². The van der Waals surface area contributed by atoms with E-state index in [1.807, 2.05) is 0 Å². The van der Waals surface area contributed by atoms with Crippen molar-refractivity contribution in [1.29, 1.82) is 0 Å². The molecule has 2 aliphatic heterocycles. The van der Waals surface area contributed by atoms with Crippen LogP contribution < -0.4 is 0 Å². The lowest BCUT2D eigenvalue weighted by Crippen LogP contribution is -2.36. The number of rotatable bonds is 14. The van der Waals surface area contributed by atoms with Crippen LogP contribution >= 0.6 is 15.6 Å². The molecule has 4 unspecified atom stereocenters. The summed E-state index contributed by atoms with van der Waals surface area (Å²) >= 11 is 0. The molecule has 34 heavy (non-hydrogen) atoms. The molecule has 11 atom stereocenters. The van der Waals surface area contributed by atoms with Gasteiger partial charge in [0.15, 0.2) is 0 Å². The van der Waals surface area contributed by atoms with E-state index in [1.54, 1.807) is 6.92 Å². The molecule has 2 heterocycles. The van der Waals surface area contributed by atoms with Crippen LogP contribution in [0.5, 0.6) is 0 Å². The Kier molecular flexibility index (Phi) is 11.8. The van der Waals surface area contributed by atoms with Crippen LogP contribution in [0.4, 0.5) is 0 Å². The molecule has 11 nitrogen and oxygen atoms in total. The zero-order valence-corrected chi connectivity index (χ0v) is 21.9. The van der Waals surface area contributed by atoms with Crippen molar-refractivity contribution in [2.75, 3.05) is 13.7 Å². The van der Waals surface area contributed by atoms with Gasteiger partial charge in [0.25, 0.3) is 0 Å². The molecule has 2 aliphatic rings. The van der Waals surface area contributed by atoms with Crippen LogP contribution in [0, 0.1) is 11.8 Å². The number of phosphoric ester groups is 2. The van der Waals surface area contributed by atoms with E-state index in [9.17, 15) is 24.0 Å². The van der Waals surface area contributed by atoms with E-state index in [0.29, 0.717) is 12.3 Å². The van der Waals surface area contributed by atoms with E-state index < -0.39 is 64.8 Å². The minimum absolute atomic E-state index is 0.306. The summed E-state index contributed by atoms with van der Waals surface area (Å²) in [4.78, 5) is 19.9. The fourth-order valence-corrected chi connectivity index (χ4v) is 5.89. The molecular weight excluding hydrogens is 488 g/mol. The molecule has 0 spiro atoms. The van der Waals surface area contributed by atoms with Crippen LogP contribution in [-0.2, 0) is 36.7 Å². The molecule has 2 saturated heterocycles. The van der Waals surface area contributed by atoms with Gasteiger partial charge in [-0.25, -0.2) is 9.13 Å². The Balaban J connectivity index is 1.98. The Bertz CT molecular complexity index is 732. The molecule has 0 aromatic rings. The largest absolute Gasteiger partial charge is 0.472 e. The van der Waals surface area contributed by atoms with Crippen LogP contribution in [0.2, 0.25) is 0 Å².